The number of hydrogen-bond donors (Lipinski definition) is 0. The molecule has 3 heteroatoms. The lowest BCUT2D eigenvalue weighted by atomic mass is 10.1. The van der Waals surface area contributed by atoms with Gasteiger partial charge in [0.2, 0.25) is 0 Å². The highest BCUT2D eigenvalue weighted by molar-refractivity contribution is 6.31. The predicted octanol–water partition coefficient (Wildman–Crippen LogP) is 6.14. The molecule has 2 heterocycles. The maximum Gasteiger partial charge on any atom is 0.0707 e. The molecule has 0 saturated carbocycles. The number of hydrogen-bond acceptors (Lipinski definition) is 1. The monoisotopic (exact) mass is 374 g/mol. The van der Waals surface area contributed by atoms with E-state index in [-0.39, 0.29) is 0 Å². The van der Waals surface area contributed by atoms with Gasteiger partial charge in [-0.2, -0.15) is 0 Å². The van der Waals surface area contributed by atoms with Crippen molar-refractivity contribution in [1.29, 1.82) is 0 Å². The lowest BCUT2D eigenvalue weighted by Crippen LogP contribution is -2.06. The largest absolute Gasteiger partial charge is 0.339 e. The Hall–Kier alpha value is -2.58. The van der Waals surface area contributed by atoms with Crippen LogP contribution in [-0.2, 0) is 19.4 Å². The van der Waals surface area contributed by atoms with Crippen molar-refractivity contribution >= 4 is 22.5 Å². The molecule has 0 amide bonds. The summed E-state index contributed by atoms with van der Waals surface area (Å²) >= 11 is 6.44. The van der Waals surface area contributed by atoms with Crippen molar-refractivity contribution in [2.45, 2.75) is 33.2 Å². The summed E-state index contributed by atoms with van der Waals surface area (Å²) in [6, 6.07) is 20.8. The molecule has 2 aromatic carbocycles. The average Bonchev–Trinajstić information content (AvgIpc) is 2.94. The molecule has 2 aromatic heterocycles. The first-order valence-corrected chi connectivity index (χ1v) is 9.73. The van der Waals surface area contributed by atoms with E-state index in [2.05, 4.69) is 60.9 Å². The molecule has 0 spiro atoms. The molecule has 0 atom stereocenters. The molecule has 0 radical (unpaired) electrons. The van der Waals surface area contributed by atoms with E-state index >= 15 is 0 Å². The van der Waals surface area contributed by atoms with E-state index in [0.29, 0.717) is 0 Å². The number of aromatic nitrogens is 2. The zero-order valence-corrected chi connectivity index (χ0v) is 16.5. The zero-order chi connectivity index (χ0) is 18.8. The quantitative estimate of drug-likeness (QED) is 0.410. The van der Waals surface area contributed by atoms with Crippen LogP contribution in [0.1, 0.15) is 28.1 Å². The number of rotatable bonds is 5. The fraction of sp³-hybridized carbons (Fsp3) is 0.208. The normalized spacial score (nSPS) is 11.2. The molecule has 0 fully saturated rings. The van der Waals surface area contributed by atoms with Crippen molar-refractivity contribution in [3.8, 4) is 0 Å². The van der Waals surface area contributed by atoms with Crippen LogP contribution < -0.4 is 0 Å². The van der Waals surface area contributed by atoms with Crippen molar-refractivity contribution in [3.05, 3.63) is 100.0 Å². The minimum atomic E-state index is 0.764. The number of benzene rings is 2. The van der Waals surface area contributed by atoms with Gasteiger partial charge in [0.1, 0.15) is 0 Å². The first kappa shape index (κ1) is 17.8. The van der Waals surface area contributed by atoms with Crippen LogP contribution in [0.4, 0.5) is 0 Å². The lowest BCUT2D eigenvalue weighted by Gasteiger charge is -2.12. The summed E-state index contributed by atoms with van der Waals surface area (Å²) < 4.78 is 2.37. The van der Waals surface area contributed by atoms with E-state index in [4.69, 9.17) is 16.6 Å². The lowest BCUT2D eigenvalue weighted by molar-refractivity contribution is 0.788. The van der Waals surface area contributed by atoms with Gasteiger partial charge in [-0.25, -0.2) is 0 Å². The Kier molecular flexibility index (Phi) is 5.00. The highest BCUT2D eigenvalue weighted by atomic mass is 35.5. The van der Waals surface area contributed by atoms with Crippen LogP contribution >= 0.6 is 11.6 Å². The zero-order valence-electron chi connectivity index (χ0n) is 15.7. The topological polar surface area (TPSA) is 17.8 Å². The van der Waals surface area contributed by atoms with E-state index in [9.17, 15) is 0 Å². The molecule has 0 saturated heterocycles. The molecule has 4 rings (SSSR count). The first-order valence-electron chi connectivity index (χ1n) is 9.35. The Balaban J connectivity index is 1.76. The Morgan fingerprint density at radius 1 is 0.889 bits per heavy atom. The van der Waals surface area contributed by atoms with Crippen molar-refractivity contribution in [1.82, 2.24) is 9.55 Å². The van der Waals surface area contributed by atoms with Crippen molar-refractivity contribution in [2.75, 3.05) is 0 Å². The third kappa shape index (κ3) is 3.50. The Labute approximate surface area is 165 Å². The number of pyridine rings is 1. The molecule has 27 heavy (non-hydrogen) atoms. The number of aryl methyl sites for hydroxylation is 3. The molecular weight excluding hydrogens is 352 g/mol. The van der Waals surface area contributed by atoms with Gasteiger partial charge < -0.3 is 4.57 Å². The van der Waals surface area contributed by atoms with Gasteiger partial charge in [0, 0.05) is 28.8 Å². The Morgan fingerprint density at radius 2 is 1.63 bits per heavy atom. The fourth-order valence-corrected chi connectivity index (χ4v) is 3.95. The van der Waals surface area contributed by atoms with Crippen molar-refractivity contribution in [2.24, 2.45) is 0 Å². The van der Waals surface area contributed by atoms with Crippen LogP contribution in [0.5, 0.6) is 0 Å². The van der Waals surface area contributed by atoms with Crippen LogP contribution in [0.2, 0.25) is 5.02 Å². The fourth-order valence-electron chi connectivity index (χ4n) is 3.75. The predicted molar refractivity (Wildman–Crippen MR) is 114 cm³/mol. The van der Waals surface area contributed by atoms with E-state index < -0.39 is 0 Å². The van der Waals surface area contributed by atoms with Crippen molar-refractivity contribution in [3.63, 3.8) is 0 Å². The highest BCUT2D eigenvalue weighted by Crippen LogP contribution is 2.29. The number of fused-ring (bicyclic) bond motifs is 1. The smallest absolute Gasteiger partial charge is 0.0707 e. The molecule has 0 aliphatic carbocycles. The van der Waals surface area contributed by atoms with Gasteiger partial charge >= 0.3 is 0 Å². The summed E-state index contributed by atoms with van der Waals surface area (Å²) in [5.41, 5.74) is 7.47. The maximum atomic E-state index is 6.44. The van der Waals surface area contributed by atoms with Crippen LogP contribution in [-0.4, -0.2) is 9.55 Å². The van der Waals surface area contributed by atoms with Crippen LogP contribution in [0.3, 0.4) is 0 Å². The second-order valence-electron chi connectivity index (χ2n) is 7.03. The summed E-state index contributed by atoms with van der Waals surface area (Å²) in [4.78, 5) is 4.75. The number of nitrogens with zero attached hydrogens (tertiary/aromatic N) is 2. The molecule has 0 aliphatic heterocycles. The van der Waals surface area contributed by atoms with Gasteiger partial charge in [-0.05, 0) is 55.5 Å². The van der Waals surface area contributed by atoms with E-state index in [0.717, 1.165) is 35.7 Å². The van der Waals surface area contributed by atoms with Crippen LogP contribution in [0, 0.1) is 13.8 Å². The van der Waals surface area contributed by atoms with E-state index in [1.165, 1.54) is 27.7 Å². The Morgan fingerprint density at radius 3 is 2.41 bits per heavy atom. The summed E-state index contributed by atoms with van der Waals surface area (Å²) in [6.45, 7) is 5.15. The van der Waals surface area contributed by atoms with Gasteiger partial charge in [0.15, 0.2) is 0 Å². The minimum Gasteiger partial charge on any atom is -0.339 e. The summed E-state index contributed by atoms with van der Waals surface area (Å²) in [5, 5.41) is 2.10. The summed E-state index contributed by atoms with van der Waals surface area (Å²) in [5.74, 6) is 0. The SMILES string of the molecule is Cc1c(C)n(Cc2ccccc2Cl)c2c(CCc3ccccc3)nccc12. The molecule has 0 N–H and O–H groups in total. The van der Waals surface area contributed by atoms with E-state index in [1.54, 1.807) is 0 Å². The third-order valence-electron chi connectivity index (χ3n) is 5.40. The third-order valence-corrected chi connectivity index (χ3v) is 5.77. The molecule has 0 unspecified atom stereocenters. The standard InChI is InChI=1S/C24H23ClN2/c1-17-18(2)27(16-20-10-6-7-11-22(20)25)24-21(17)14-15-26-23(24)13-12-19-8-4-3-5-9-19/h3-11,14-15H,12-13,16H2,1-2H3. The molecule has 4 aromatic rings. The van der Waals surface area contributed by atoms with Crippen molar-refractivity contribution < 1.29 is 0 Å². The molecular formula is C24H23ClN2. The number of halogens is 1. The van der Waals surface area contributed by atoms with Gasteiger partial charge in [-0.3, -0.25) is 4.98 Å². The highest BCUT2D eigenvalue weighted by Gasteiger charge is 2.16. The molecule has 0 aliphatic rings. The molecule has 0 bridgehead atoms. The maximum absolute atomic E-state index is 6.44. The second kappa shape index (κ2) is 7.58. The van der Waals surface area contributed by atoms with Gasteiger partial charge in [0.25, 0.3) is 0 Å². The first-order chi connectivity index (χ1) is 13.1. The Bertz CT molecular complexity index is 1080. The molecule has 136 valence electrons. The minimum absolute atomic E-state index is 0.764. The molecule has 2 nitrogen and oxygen atoms in total. The summed E-state index contributed by atoms with van der Waals surface area (Å²) in [6.07, 6.45) is 3.85. The average molecular weight is 375 g/mol. The van der Waals surface area contributed by atoms with Crippen LogP contribution in [0.15, 0.2) is 66.9 Å². The second-order valence-corrected chi connectivity index (χ2v) is 7.43. The van der Waals surface area contributed by atoms with Gasteiger partial charge in [0.05, 0.1) is 11.2 Å². The van der Waals surface area contributed by atoms with E-state index in [1.807, 2.05) is 24.4 Å². The summed E-state index contributed by atoms with van der Waals surface area (Å²) in [7, 11) is 0. The van der Waals surface area contributed by atoms with Gasteiger partial charge in [-0.1, -0.05) is 60.1 Å². The van der Waals surface area contributed by atoms with Crippen LogP contribution in [0.25, 0.3) is 10.9 Å². The van der Waals surface area contributed by atoms with Gasteiger partial charge in [-0.15, -0.1) is 0 Å².